The van der Waals surface area contributed by atoms with Crippen molar-refractivity contribution in [1.82, 2.24) is 10.2 Å². The molecule has 1 saturated carbocycles. The van der Waals surface area contributed by atoms with E-state index in [-0.39, 0.29) is 5.54 Å². The second-order valence-corrected chi connectivity index (χ2v) is 6.42. The molecule has 2 rings (SSSR count). The second kappa shape index (κ2) is 5.25. The van der Waals surface area contributed by atoms with E-state index in [4.69, 9.17) is 4.74 Å². The minimum absolute atomic E-state index is 0.285. The Bertz CT molecular complexity index is 255. The van der Waals surface area contributed by atoms with Gasteiger partial charge in [-0.2, -0.15) is 0 Å². The van der Waals surface area contributed by atoms with Gasteiger partial charge in [-0.25, -0.2) is 0 Å². The lowest BCUT2D eigenvalue weighted by atomic mass is 9.86. The van der Waals surface area contributed by atoms with Gasteiger partial charge in [-0.1, -0.05) is 0 Å². The monoisotopic (exact) mass is 240 g/mol. The van der Waals surface area contributed by atoms with Crippen molar-refractivity contribution in [2.75, 3.05) is 20.2 Å². The molecule has 0 amide bonds. The molecule has 17 heavy (non-hydrogen) atoms. The van der Waals surface area contributed by atoms with Gasteiger partial charge in [0.25, 0.3) is 0 Å². The Labute approximate surface area is 106 Å². The molecule has 1 aliphatic carbocycles. The lowest BCUT2D eigenvalue weighted by Crippen LogP contribution is -2.64. The lowest BCUT2D eigenvalue weighted by Gasteiger charge is -2.51. The van der Waals surface area contributed by atoms with Crippen molar-refractivity contribution in [2.45, 2.75) is 70.2 Å². The van der Waals surface area contributed by atoms with Crippen LogP contribution in [0.3, 0.4) is 0 Å². The van der Waals surface area contributed by atoms with Gasteiger partial charge >= 0.3 is 0 Å². The molecular weight excluding hydrogens is 212 g/mol. The summed E-state index contributed by atoms with van der Waals surface area (Å²) < 4.78 is 5.56. The predicted octanol–water partition coefficient (Wildman–Crippen LogP) is 2.02. The summed E-state index contributed by atoms with van der Waals surface area (Å²) in [4.78, 5) is 2.72. The Morgan fingerprint density at radius 1 is 1.29 bits per heavy atom. The first kappa shape index (κ1) is 13.3. The predicted molar refractivity (Wildman–Crippen MR) is 71.3 cm³/mol. The molecule has 3 nitrogen and oxygen atoms in total. The maximum Gasteiger partial charge on any atom is 0.0586 e. The quantitative estimate of drug-likeness (QED) is 0.799. The van der Waals surface area contributed by atoms with Crippen molar-refractivity contribution < 1.29 is 4.74 Å². The molecule has 2 aliphatic rings. The SMILES string of the molecule is COC1CCCC(N2CC(C)NCC2(C)C)C1. The summed E-state index contributed by atoms with van der Waals surface area (Å²) in [5.41, 5.74) is 0.285. The summed E-state index contributed by atoms with van der Waals surface area (Å²) in [6.45, 7) is 9.29. The molecule has 3 atom stereocenters. The maximum absolute atomic E-state index is 5.56. The summed E-state index contributed by atoms with van der Waals surface area (Å²) in [5.74, 6) is 0. The zero-order valence-electron chi connectivity index (χ0n) is 11.8. The second-order valence-electron chi connectivity index (χ2n) is 6.42. The largest absolute Gasteiger partial charge is 0.381 e. The minimum atomic E-state index is 0.285. The van der Waals surface area contributed by atoms with Crippen LogP contribution in [0.25, 0.3) is 0 Å². The third kappa shape index (κ3) is 3.01. The fraction of sp³-hybridized carbons (Fsp3) is 1.00. The standard InChI is InChI=1S/C14H28N2O/c1-11-9-16(14(2,3)10-15-11)12-6-5-7-13(8-12)17-4/h11-13,15H,5-10H2,1-4H3. The highest BCUT2D eigenvalue weighted by Crippen LogP contribution is 2.31. The molecule has 0 aromatic carbocycles. The average Bonchev–Trinajstić information content (AvgIpc) is 2.32. The number of ether oxygens (including phenoxy) is 1. The molecule has 0 radical (unpaired) electrons. The molecule has 0 aromatic heterocycles. The Kier molecular flexibility index (Phi) is 4.11. The van der Waals surface area contributed by atoms with Gasteiger partial charge in [0.1, 0.15) is 0 Å². The van der Waals surface area contributed by atoms with E-state index < -0.39 is 0 Å². The van der Waals surface area contributed by atoms with Crippen molar-refractivity contribution in [2.24, 2.45) is 0 Å². The molecule has 0 bridgehead atoms. The number of nitrogens with one attached hydrogen (secondary N) is 1. The van der Waals surface area contributed by atoms with Crippen LogP contribution in [-0.4, -0.2) is 48.8 Å². The lowest BCUT2D eigenvalue weighted by molar-refractivity contribution is -0.0255. The number of methoxy groups -OCH3 is 1. The number of piperazine rings is 1. The molecule has 100 valence electrons. The number of nitrogens with zero attached hydrogens (tertiary/aromatic N) is 1. The van der Waals surface area contributed by atoms with Crippen LogP contribution in [0.5, 0.6) is 0 Å². The topological polar surface area (TPSA) is 24.5 Å². The van der Waals surface area contributed by atoms with Crippen LogP contribution in [0, 0.1) is 0 Å². The zero-order chi connectivity index (χ0) is 12.5. The van der Waals surface area contributed by atoms with Gasteiger partial charge in [-0.15, -0.1) is 0 Å². The highest BCUT2D eigenvalue weighted by atomic mass is 16.5. The van der Waals surface area contributed by atoms with Gasteiger partial charge in [0.05, 0.1) is 6.10 Å². The highest BCUT2D eigenvalue weighted by Gasteiger charge is 2.38. The average molecular weight is 240 g/mol. The molecular formula is C14H28N2O. The molecule has 0 aromatic rings. The van der Waals surface area contributed by atoms with E-state index in [1.165, 1.54) is 32.2 Å². The molecule has 1 saturated heterocycles. The van der Waals surface area contributed by atoms with E-state index in [2.05, 4.69) is 31.0 Å². The van der Waals surface area contributed by atoms with E-state index in [0.717, 1.165) is 6.54 Å². The summed E-state index contributed by atoms with van der Waals surface area (Å²) in [6.07, 6.45) is 5.60. The molecule has 3 unspecified atom stereocenters. The fourth-order valence-electron chi connectivity index (χ4n) is 3.39. The summed E-state index contributed by atoms with van der Waals surface area (Å²) in [6, 6.07) is 1.33. The van der Waals surface area contributed by atoms with Crippen LogP contribution in [0.1, 0.15) is 46.5 Å². The van der Waals surface area contributed by atoms with Gasteiger partial charge < -0.3 is 10.1 Å². The van der Waals surface area contributed by atoms with Crippen molar-refractivity contribution >= 4 is 0 Å². The van der Waals surface area contributed by atoms with Crippen LogP contribution < -0.4 is 5.32 Å². The van der Waals surface area contributed by atoms with Crippen LogP contribution >= 0.6 is 0 Å². The van der Waals surface area contributed by atoms with E-state index in [1.54, 1.807) is 0 Å². The first-order valence-electron chi connectivity index (χ1n) is 7.06. The van der Waals surface area contributed by atoms with Crippen LogP contribution in [0.2, 0.25) is 0 Å². The van der Waals surface area contributed by atoms with Crippen molar-refractivity contribution in [3.8, 4) is 0 Å². The molecule has 2 fully saturated rings. The van der Waals surface area contributed by atoms with Crippen molar-refractivity contribution in [1.29, 1.82) is 0 Å². The summed E-state index contributed by atoms with van der Waals surface area (Å²) in [5, 5.41) is 3.59. The zero-order valence-corrected chi connectivity index (χ0v) is 11.8. The Hall–Kier alpha value is -0.120. The van der Waals surface area contributed by atoms with Crippen molar-refractivity contribution in [3.05, 3.63) is 0 Å². The van der Waals surface area contributed by atoms with Crippen LogP contribution in [0.4, 0.5) is 0 Å². The third-order valence-corrected chi connectivity index (χ3v) is 4.50. The highest BCUT2D eigenvalue weighted by molar-refractivity contribution is 4.96. The first-order chi connectivity index (χ1) is 8.03. The molecule has 3 heteroatoms. The number of hydrogen-bond acceptors (Lipinski definition) is 3. The third-order valence-electron chi connectivity index (χ3n) is 4.50. The number of hydrogen-bond donors (Lipinski definition) is 1. The molecule has 1 aliphatic heterocycles. The van der Waals surface area contributed by atoms with Gasteiger partial charge in [0.2, 0.25) is 0 Å². The fourth-order valence-corrected chi connectivity index (χ4v) is 3.39. The molecule has 1 heterocycles. The Morgan fingerprint density at radius 3 is 2.76 bits per heavy atom. The van der Waals surface area contributed by atoms with E-state index in [1.807, 2.05) is 7.11 Å². The minimum Gasteiger partial charge on any atom is -0.381 e. The first-order valence-corrected chi connectivity index (χ1v) is 7.06. The Balaban J connectivity index is 2.03. The molecule has 0 spiro atoms. The smallest absolute Gasteiger partial charge is 0.0586 e. The summed E-state index contributed by atoms with van der Waals surface area (Å²) in [7, 11) is 1.86. The van der Waals surface area contributed by atoms with E-state index >= 15 is 0 Å². The maximum atomic E-state index is 5.56. The van der Waals surface area contributed by atoms with Crippen LogP contribution in [0.15, 0.2) is 0 Å². The number of rotatable bonds is 2. The normalized spacial score (nSPS) is 39.2. The van der Waals surface area contributed by atoms with E-state index in [9.17, 15) is 0 Å². The van der Waals surface area contributed by atoms with Crippen LogP contribution in [-0.2, 0) is 4.74 Å². The van der Waals surface area contributed by atoms with Gasteiger partial charge in [0.15, 0.2) is 0 Å². The van der Waals surface area contributed by atoms with Gasteiger partial charge in [-0.05, 0) is 46.5 Å². The van der Waals surface area contributed by atoms with Gasteiger partial charge in [0, 0.05) is 37.8 Å². The van der Waals surface area contributed by atoms with E-state index in [0.29, 0.717) is 18.2 Å². The Morgan fingerprint density at radius 2 is 2.06 bits per heavy atom. The summed E-state index contributed by atoms with van der Waals surface area (Å²) >= 11 is 0. The van der Waals surface area contributed by atoms with Gasteiger partial charge in [-0.3, -0.25) is 4.90 Å². The molecule has 1 N–H and O–H groups in total. The van der Waals surface area contributed by atoms with Crippen molar-refractivity contribution in [3.63, 3.8) is 0 Å².